The molecule has 11 nitrogen and oxygen atoms in total. The van der Waals surface area contributed by atoms with Crippen LogP contribution in [0.4, 0.5) is 22.2 Å². The van der Waals surface area contributed by atoms with Crippen LogP contribution >= 0.6 is 0 Å². The third-order valence-electron chi connectivity index (χ3n) is 7.42. The molecule has 4 heterocycles. The van der Waals surface area contributed by atoms with E-state index < -0.39 is 6.03 Å². The summed E-state index contributed by atoms with van der Waals surface area (Å²) in [5, 5.41) is 12.6. The molecule has 0 radical (unpaired) electrons. The van der Waals surface area contributed by atoms with Crippen LogP contribution in [0.15, 0.2) is 73.2 Å². The van der Waals surface area contributed by atoms with Gasteiger partial charge in [0.25, 0.3) is 0 Å². The van der Waals surface area contributed by atoms with Crippen LogP contribution in [0.5, 0.6) is 0 Å². The number of anilines is 3. The molecule has 0 atom stereocenters. The maximum atomic E-state index is 13.3. The summed E-state index contributed by atoms with van der Waals surface area (Å²) >= 11 is 0. The van der Waals surface area contributed by atoms with Crippen LogP contribution in [0.25, 0.3) is 27.6 Å². The maximum absolute atomic E-state index is 13.3. The molecule has 1 saturated heterocycles. The van der Waals surface area contributed by atoms with Crippen molar-refractivity contribution in [1.82, 2.24) is 29.6 Å². The van der Waals surface area contributed by atoms with E-state index in [2.05, 4.69) is 64.5 Å². The van der Waals surface area contributed by atoms with Crippen LogP contribution < -0.4 is 16.4 Å². The number of fused-ring (bicyclic) bond motifs is 1. The monoisotopic (exact) mass is 577 g/mol. The molecule has 5 aromatic rings. The van der Waals surface area contributed by atoms with Crippen LogP contribution in [-0.4, -0.2) is 62.0 Å². The number of morpholine rings is 1. The molecule has 2 amide bonds. The van der Waals surface area contributed by atoms with Crippen molar-refractivity contribution in [3.63, 3.8) is 0 Å². The summed E-state index contributed by atoms with van der Waals surface area (Å²) in [6, 6.07) is 17.6. The molecule has 1 aliphatic heterocycles. The third kappa shape index (κ3) is 6.32. The summed E-state index contributed by atoms with van der Waals surface area (Å²) in [6.07, 6.45) is 5.06. The number of urea groups is 1. The number of carbonyl (C=O) groups is 1. The molecule has 220 valence electrons. The van der Waals surface area contributed by atoms with Gasteiger partial charge in [-0.2, -0.15) is 5.10 Å². The molecule has 0 aliphatic carbocycles. The van der Waals surface area contributed by atoms with Gasteiger partial charge in [-0.15, -0.1) is 0 Å². The van der Waals surface area contributed by atoms with Crippen molar-refractivity contribution in [3.05, 3.63) is 84.6 Å². The van der Waals surface area contributed by atoms with Gasteiger partial charge in [-0.25, -0.2) is 19.4 Å². The van der Waals surface area contributed by atoms with E-state index in [1.807, 2.05) is 42.6 Å². The molecule has 0 saturated carbocycles. The summed E-state index contributed by atoms with van der Waals surface area (Å²) in [7, 11) is 0. The SMILES string of the molecule is CC(C)(C)c1cc(NC(=O)Nc2ccc(-c3ccc(CN4CCOCC4)nc3)c3ccccc23)n(-c2cnc(N)nc2)n1. The minimum atomic E-state index is -0.398. The van der Waals surface area contributed by atoms with E-state index in [1.54, 1.807) is 17.1 Å². The molecule has 3 aromatic heterocycles. The Hall–Kier alpha value is -4.87. The highest BCUT2D eigenvalue weighted by molar-refractivity contribution is 6.09. The van der Waals surface area contributed by atoms with Crippen molar-refractivity contribution in [2.24, 2.45) is 0 Å². The van der Waals surface area contributed by atoms with Crippen molar-refractivity contribution in [2.75, 3.05) is 42.7 Å². The first kappa shape index (κ1) is 28.3. The Bertz CT molecular complexity index is 1740. The highest BCUT2D eigenvalue weighted by Crippen LogP contribution is 2.33. The standard InChI is InChI=1S/C32H35N9O2/c1-32(2,3)28-16-29(41(39-28)23-18-35-30(33)36-19-23)38-31(42)37-27-11-10-24(25-6-4-5-7-26(25)27)21-8-9-22(34-17-21)20-40-12-14-43-15-13-40/h4-11,16-19H,12-15,20H2,1-3H3,(H2,33,35,36)(H2,37,38,42). The second-order valence-corrected chi connectivity index (χ2v) is 11.6. The van der Waals surface area contributed by atoms with Crippen LogP contribution in [0.2, 0.25) is 0 Å². The number of aromatic nitrogens is 5. The molecule has 43 heavy (non-hydrogen) atoms. The molecule has 1 fully saturated rings. The van der Waals surface area contributed by atoms with E-state index in [4.69, 9.17) is 20.6 Å². The second kappa shape index (κ2) is 11.8. The Morgan fingerprint density at radius 2 is 1.67 bits per heavy atom. The number of carbonyl (C=O) groups excluding carboxylic acids is 1. The topological polar surface area (TPSA) is 136 Å². The number of hydrogen-bond donors (Lipinski definition) is 3. The van der Waals surface area contributed by atoms with Gasteiger partial charge in [0.1, 0.15) is 11.5 Å². The molecule has 11 heteroatoms. The fraction of sp³-hybridized carbons (Fsp3) is 0.281. The third-order valence-corrected chi connectivity index (χ3v) is 7.42. The van der Waals surface area contributed by atoms with Crippen molar-refractivity contribution in [3.8, 4) is 16.8 Å². The molecule has 2 aromatic carbocycles. The quantitative estimate of drug-likeness (QED) is 0.250. The Labute approximate surface area is 250 Å². The molecular formula is C32H35N9O2. The Balaban J connectivity index is 1.24. The predicted octanol–water partition coefficient (Wildman–Crippen LogP) is 5.23. The van der Waals surface area contributed by atoms with E-state index in [-0.39, 0.29) is 11.4 Å². The van der Waals surface area contributed by atoms with E-state index in [0.29, 0.717) is 17.2 Å². The first-order chi connectivity index (χ1) is 20.7. The molecular weight excluding hydrogens is 542 g/mol. The van der Waals surface area contributed by atoms with E-state index >= 15 is 0 Å². The Kier molecular flexibility index (Phi) is 7.75. The van der Waals surface area contributed by atoms with Gasteiger partial charge >= 0.3 is 6.03 Å². The molecule has 0 unspecified atom stereocenters. The van der Waals surface area contributed by atoms with Crippen LogP contribution in [0.3, 0.4) is 0 Å². The van der Waals surface area contributed by atoms with Gasteiger partial charge in [0.2, 0.25) is 5.95 Å². The zero-order valence-electron chi connectivity index (χ0n) is 24.5. The minimum absolute atomic E-state index is 0.161. The minimum Gasteiger partial charge on any atom is -0.379 e. The number of benzene rings is 2. The zero-order valence-corrected chi connectivity index (χ0v) is 24.5. The molecule has 0 bridgehead atoms. The normalized spacial score (nSPS) is 14.1. The van der Waals surface area contributed by atoms with Gasteiger partial charge in [-0.3, -0.25) is 15.2 Å². The first-order valence-electron chi connectivity index (χ1n) is 14.3. The van der Waals surface area contributed by atoms with Crippen LogP contribution in [-0.2, 0) is 16.7 Å². The predicted molar refractivity (Wildman–Crippen MR) is 168 cm³/mol. The number of nitrogens with one attached hydrogen (secondary N) is 2. The van der Waals surface area contributed by atoms with Gasteiger partial charge in [0, 0.05) is 48.3 Å². The fourth-order valence-electron chi connectivity index (χ4n) is 5.07. The van der Waals surface area contributed by atoms with Gasteiger partial charge in [0.05, 0.1) is 42.7 Å². The highest BCUT2D eigenvalue weighted by atomic mass is 16.5. The average molecular weight is 578 g/mol. The summed E-state index contributed by atoms with van der Waals surface area (Å²) in [5.74, 6) is 0.647. The average Bonchev–Trinajstić information content (AvgIpc) is 3.43. The van der Waals surface area contributed by atoms with Gasteiger partial charge in [-0.05, 0) is 23.1 Å². The van der Waals surface area contributed by atoms with E-state index in [0.717, 1.165) is 66.1 Å². The number of ether oxygens (including phenoxy) is 1. The van der Waals surface area contributed by atoms with Crippen molar-refractivity contribution < 1.29 is 9.53 Å². The van der Waals surface area contributed by atoms with Crippen molar-refractivity contribution >= 4 is 34.3 Å². The Morgan fingerprint density at radius 1 is 0.930 bits per heavy atom. The number of amides is 2. The lowest BCUT2D eigenvalue weighted by Gasteiger charge is -2.26. The van der Waals surface area contributed by atoms with E-state index in [1.165, 1.54) is 0 Å². The van der Waals surface area contributed by atoms with Crippen molar-refractivity contribution in [1.29, 1.82) is 0 Å². The number of rotatable bonds is 6. The molecule has 4 N–H and O–H groups in total. The van der Waals surface area contributed by atoms with Gasteiger partial charge in [0.15, 0.2) is 0 Å². The lowest BCUT2D eigenvalue weighted by atomic mass is 9.92. The largest absolute Gasteiger partial charge is 0.379 e. The van der Waals surface area contributed by atoms with E-state index in [9.17, 15) is 4.79 Å². The Morgan fingerprint density at radius 3 is 2.37 bits per heavy atom. The first-order valence-corrected chi connectivity index (χ1v) is 14.3. The fourth-order valence-corrected chi connectivity index (χ4v) is 5.07. The summed E-state index contributed by atoms with van der Waals surface area (Å²) in [4.78, 5) is 28.6. The maximum Gasteiger partial charge on any atom is 0.324 e. The number of nitrogens with zero attached hydrogens (tertiary/aromatic N) is 6. The van der Waals surface area contributed by atoms with Gasteiger partial charge in [-0.1, -0.05) is 57.2 Å². The lowest BCUT2D eigenvalue weighted by molar-refractivity contribution is 0.0336. The molecule has 1 aliphatic rings. The molecule has 0 spiro atoms. The van der Waals surface area contributed by atoms with Crippen LogP contribution in [0.1, 0.15) is 32.2 Å². The zero-order chi connectivity index (χ0) is 30.0. The van der Waals surface area contributed by atoms with Crippen LogP contribution in [0, 0.1) is 0 Å². The number of nitrogen functional groups attached to an aromatic ring is 1. The number of pyridine rings is 1. The molecule has 6 rings (SSSR count). The van der Waals surface area contributed by atoms with Gasteiger partial charge < -0.3 is 15.8 Å². The highest BCUT2D eigenvalue weighted by Gasteiger charge is 2.22. The summed E-state index contributed by atoms with van der Waals surface area (Å²) in [5.41, 5.74) is 10.6. The van der Waals surface area contributed by atoms with Crippen molar-refractivity contribution in [2.45, 2.75) is 32.7 Å². The number of hydrogen-bond acceptors (Lipinski definition) is 8. The summed E-state index contributed by atoms with van der Waals surface area (Å²) < 4.78 is 7.06. The second-order valence-electron chi connectivity index (χ2n) is 11.6. The lowest BCUT2D eigenvalue weighted by Crippen LogP contribution is -2.35. The summed E-state index contributed by atoms with van der Waals surface area (Å²) in [6.45, 7) is 10.4. The smallest absolute Gasteiger partial charge is 0.324 e. The number of nitrogens with two attached hydrogens (primary N) is 1.